The summed E-state index contributed by atoms with van der Waals surface area (Å²) in [6, 6.07) is 8.93. The Morgan fingerprint density at radius 2 is 2.14 bits per heavy atom. The molecule has 1 heterocycles. The highest BCUT2D eigenvalue weighted by Crippen LogP contribution is 2.20. The molecule has 6 heteroatoms. The van der Waals surface area contributed by atoms with Crippen molar-refractivity contribution in [3.8, 4) is 11.8 Å². The van der Waals surface area contributed by atoms with Crippen LogP contribution >= 0.6 is 0 Å². The zero-order valence-corrected chi connectivity index (χ0v) is 11.3. The first kappa shape index (κ1) is 14.6. The highest BCUT2D eigenvalue weighted by atomic mass is 19.1. The van der Waals surface area contributed by atoms with Crippen LogP contribution in [0.25, 0.3) is 0 Å². The fraction of sp³-hybridized carbons (Fsp3) is 0.200. The number of aryl methyl sites for hydroxylation is 1. The molecule has 108 valence electrons. The number of ether oxygens (including phenoxy) is 1. The van der Waals surface area contributed by atoms with Gasteiger partial charge in [0.05, 0.1) is 6.61 Å². The van der Waals surface area contributed by atoms with Gasteiger partial charge < -0.3 is 15.0 Å². The van der Waals surface area contributed by atoms with Crippen molar-refractivity contribution in [3.63, 3.8) is 0 Å². The number of nitrogens with zero attached hydrogens (tertiary/aromatic N) is 2. The fourth-order valence-electron chi connectivity index (χ4n) is 1.87. The van der Waals surface area contributed by atoms with Crippen molar-refractivity contribution in [2.45, 2.75) is 13.0 Å². The van der Waals surface area contributed by atoms with E-state index in [2.05, 4.69) is 0 Å². The van der Waals surface area contributed by atoms with Gasteiger partial charge in [0, 0.05) is 24.5 Å². The minimum Gasteiger partial charge on any atom is -0.492 e. The molecule has 21 heavy (non-hydrogen) atoms. The van der Waals surface area contributed by atoms with Gasteiger partial charge in [-0.15, -0.1) is 0 Å². The van der Waals surface area contributed by atoms with Crippen LogP contribution in [0.5, 0.6) is 5.75 Å². The van der Waals surface area contributed by atoms with E-state index in [1.54, 1.807) is 18.3 Å². The van der Waals surface area contributed by atoms with Crippen molar-refractivity contribution in [1.82, 2.24) is 4.57 Å². The Kier molecular flexibility index (Phi) is 4.57. The van der Waals surface area contributed by atoms with E-state index in [4.69, 9.17) is 15.7 Å². The Balaban J connectivity index is 1.94. The maximum absolute atomic E-state index is 13.4. The molecule has 5 nitrogen and oxygen atoms in total. The van der Waals surface area contributed by atoms with Gasteiger partial charge >= 0.3 is 0 Å². The number of halogens is 1. The second-order valence-electron chi connectivity index (χ2n) is 4.42. The van der Waals surface area contributed by atoms with Gasteiger partial charge in [-0.3, -0.25) is 4.79 Å². The molecule has 2 aromatic rings. The predicted octanol–water partition coefficient (Wildman–Crippen LogP) is 1.91. The Morgan fingerprint density at radius 3 is 2.90 bits per heavy atom. The molecule has 0 radical (unpaired) electrons. The molecule has 0 saturated heterocycles. The second kappa shape index (κ2) is 6.57. The molecule has 0 aliphatic rings. The van der Waals surface area contributed by atoms with Crippen LogP contribution in [0.3, 0.4) is 0 Å². The van der Waals surface area contributed by atoms with Gasteiger partial charge in [-0.25, -0.2) is 4.39 Å². The third-order valence-corrected chi connectivity index (χ3v) is 2.89. The van der Waals surface area contributed by atoms with Crippen LogP contribution in [0.1, 0.15) is 12.0 Å². The quantitative estimate of drug-likeness (QED) is 0.852. The lowest BCUT2D eigenvalue weighted by Gasteiger charge is -2.09. The number of rotatable bonds is 5. The van der Waals surface area contributed by atoms with E-state index in [0.29, 0.717) is 18.7 Å². The van der Waals surface area contributed by atoms with Crippen molar-refractivity contribution in [1.29, 1.82) is 5.26 Å². The second-order valence-corrected chi connectivity index (χ2v) is 4.42. The normalized spacial score (nSPS) is 10.1. The lowest BCUT2D eigenvalue weighted by molar-refractivity contribution is 0.298. The molecule has 0 spiro atoms. The summed E-state index contributed by atoms with van der Waals surface area (Å²) in [5, 5.41) is 8.87. The average Bonchev–Trinajstić information content (AvgIpc) is 2.47. The van der Waals surface area contributed by atoms with Gasteiger partial charge in [0.1, 0.15) is 23.2 Å². The van der Waals surface area contributed by atoms with E-state index in [-0.39, 0.29) is 23.5 Å². The number of nitrogen functional groups attached to an aromatic ring is 1. The Morgan fingerprint density at radius 1 is 1.33 bits per heavy atom. The number of hydrogen-bond acceptors (Lipinski definition) is 4. The summed E-state index contributed by atoms with van der Waals surface area (Å²) in [7, 11) is 0. The first-order valence-corrected chi connectivity index (χ1v) is 6.39. The SMILES string of the molecule is N#Cc1c(F)cccc1OCCCn1cc(N)ccc1=O. The van der Waals surface area contributed by atoms with E-state index in [1.165, 1.54) is 28.8 Å². The molecule has 0 aliphatic carbocycles. The van der Waals surface area contributed by atoms with Crippen LogP contribution < -0.4 is 16.0 Å². The largest absolute Gasteiger partial charge is 0.492 e. The smallest absolute Gasteiger partial charge is 0.250 e. The Hall–Kier alpha value is -2.81. The topological polar surface area (TPSA) is 81.0 Å². The number of anilines is 1. The Bertz CT molecular complexity index is 734. The minimum atomic E-state index is -0.609. The van der Waals surface area contributed by atoms with Crippen molar-refractivity contribution >= 4 is 5.69 Å². The number of hydrogen-bond donors (Lipinski definition) is 1. The number of nitriles is 1. The molecular formula is C15H14FN3O2. The summed E-state index contributed by atoms with van der Waals surface area (Å²) < 4.78 is 20.2. The minimum absolute atomic E-state index is 0.112. The standard InChI is InChI=1S/C15H14FN3O2/c16-13-3-1-4-14(12(13)9-17)21-8-2-7-19-10-11(18)5-6-15(19)20/h1,3-6,10H,2,7-8,18H2. The highest BCUT2D eigenvalue weighted by molar-refractivity contribution is 5.43. The van der Waals surface area contributed by atoms with Crippen LogP contribution in [-0.4, -0.2) is 11.2 Å². The van der Waals surface area contributed by atoms with E-state index in [0.717, 1.165) is 0 Å². The number of nitrogens with two attached hydrogens (primary N) is 1. The van der Waals surface area contributed by atoms with E-state index < -0.39 is 5.82 Å². The number of benzene rings is 1. The van der Waals surface area contributed by atoms with Crippen LogP contribution in [-0.2, 0) is 6.54 Å². The summed E-state index contributed by atoms with van der Waals surface area (Å²) in [6.45, 7) is 0.695. The maximum Gasteiger partial charge on any atom is 0.250 e. The molecule has 0 saturated carbocycles. The van der Waals surface area contributed by atoms with Crippen molar-refractivity contribution < 1.29 is 9.13 Å². The van der Waals surface area contributed by atoms with Gasteiger partial charge in [-0.1, -0.05) is 6.07 Å². The van der Waals surface area contributed by atoms with Gasteiger partial charge in [0.15, 0.2) is 0 Å². The van der Waals surface area contributed by atoms with Gasteiger partial charge in [0.2, 0.25) is 0 Å². The van der Waals surface area contributed by atoms with Crippen LogP contribution in [0, 0.1) is 17.1 Å². The first-order chi connectivity index (χ1) is 10.1. The molecule has 0 amide bonds. The Labute approximate surface area is 121 Å². The van der Waals surface area contributed by atoms with Crippen molar-refractivity contribution in [2.24, 2.45) is 0 Å². The first-order valence-electron chi connectivity index (χ1n) is 6.39. The fourth-order valence-corrected chi connectivity index (χ4v) is 1.87. The van der Waals surface area contributed by atoms with E-state index in [1.807, 2.05) is 0 Å². The van der Waals surface area contributed by atoms with Crippen LogP contribution in [0.4, 0.5) is 10.1 Å². The predicted molar refractivity (Wildman–Crippen MR) is 76.3 cm³/mol. The molecular weight excluding hydrogens is 273 g/mol. The van der Waals surface area contributed by atoms with E-state index in [9.17, 15) is 9.18 Å². The lowest BCUT2D eigenvalue weighted by atomic mass is 10.2. The zero-order valence-electron chi connectivity index (χ0n) is 11.3. The molecule has 0 unspecified atom stereocenters. The molecule has 2 rings (SSSR count). The molecule has 1 aromatic carbocycles. The molecule has 0 fully saturated rings. The van der Waals surface area contributed by atoms with Crippen LogP contribution in [0.2, 0.25) is 0 Å². The summed E-state index contributed by atoms with van der Waals surface area (Å²) in [6.07, 6.45) is 2.09. The van der Waals surface area contributed by atoms with Gasteiger partial charge in [-0.2, -0.15) is 5.26 Å². The maximum atomic E-state index is 13.4. The zero-order chi connectivity index (χ0) is 15.2. The summed E-state index contributed by atoms with van der Waals surface area (Å²) in [5.74, 6) is -0.403. The van der Waals surface area contributed by atoms with Gasteiger partial charge in [-0.05, 0) is 24.6 Å². The average molecular weight is 287 g/mol. The van der Waals surface area contributed by atoms with Gasteiger partial charge in [0.25, 0.3) is 5.56 Å². The van der Waals surface area contributed by atoms with Crippen molar-refractivity contribution in [3.05, 3.63) is 58.3 Å². The molecule has 1 aromatic heterocycles. The molecule has 0 bridgehead atoms. The van der Waals surface area contributed by atoms with Crippen molar-refractivity contribution in [2.75, 3.05) is 12.3 Å². The molecule has 0 atom stereocenters. The third-order valence-electron chi connectivity index (χ3n) is 2.89. The third kappa shape index (κ3) is 3.60. The van der Waals surface area contributed by atoms with Crippen LogP contribution in [0.15, 0.2) is 41.3 Å². The summed E-state index contributed by atoms with van der Waals surface area (Å²) in [5.41, 5.74) is 5.86. The summed E-state index contributed by atoms with van der Waals surface area (Å²) in [4.78, 5) is 11.6. The number of pyridine rings is 1. The van der Waals surface area contributed by atoms with E-state index >= 15 is 0 Å². The molecule has 0 aliphatic heterocycles. The number of aromatic nitrogens is 1. The monoisotopic (exact) mass is 287 g/mol. The molecule has 2 N–H and O–H groups in total. The summed E-state index contributed by atoms with van der Waals surface area (Å²) >= 11 is 0. The highest BCUT2D eigenvalue weighted by Gasteiger charge is 2.08. The lowest BCUT2D eigenvalue weighted by Crippen LogP contribution is -2.20.